The van der Waals surface area contributed by atoms with Crippen molar-refractivity contribution in [1.82, 2.24) is 10.2 Å². The van der Waals surface area contributed by atoms with Gasteiger partial charge in [0, 0.05) is 19.1 Å². The van der Waals surface area contributed by atoms with Gasteiger partial charge in [-0.25, -0.2) is 9.59 Å². The van der Waals surface area contributed by atoms with Gasteiger partial charge in [-0.3, -0.25) is 4.79 Å². The van der Waals surface area contributed by atoms with Crippen LogP contribution < -0.4 is 10.1 Å². The second kappa shape index (κ2) is 11.3. The summed E-state index contributed by atoms with van der Waals surface area (Å²) in [5.74, 6) is -0.867. The lowest BCUT2D eigenvalue weighted by Crippen LogP contribution is -2.57. The SMILES string of the molecule is COc1cc2ccc3cc2cc1C=CCCCCOC(=O)N[C@@H](C(C)(C)C)C(=O)N1C[C@@]3(OC)C[C@H]1C(=O)O. The average Bonchev–Trinajstić information content (AvgIpc) is 3.31. The van der Waals surface area contributed by atoms with E-state index in [0.29, 0.717) is 6.42 Å². The normalized spacial score (nSPS) is 24.7. The Kier molecular flexibility index (Phi) is 8.20. The fourth-order valence-corrected chi connectivity index (χ4v) is 5.40. The van der Waals surface area contributed by atoms with E-state index < -0.39 is 41.1 Å². The molecule has 2 aliphatic rings. The molecule has 1 saturated heterocycles. The summed E-state index contributed by atoms with van der Waals surface area (Å²) in [6.07, 6.45) is 5.73. The lowest BCUT2D eigenvalue weighted by molar-refractivity contribution is -0.150. The van der Waals surface area contributed by atoms with E-state index >= 15 is 0 Å². The number of fused-ring (bicyclic) bond motifs is 5. The first-order valence-electron chi connectivity index (χ1n) is 13.3. The van der Waals surface area contributed by atoms with Gasteiger partial charge in [-0.15, -0.1) is 0 Å². The number of benzene rings is 2. The molecule has 2 aromatic rings. The van der Waals surface area contributed by atoms with Crippen LogP contribution in [0.1, 0.15) is 57.6 Å². The van der Waals surface area contributed by atoms with E-state index in [9.17, 15) is 19.5 Å². The van der Waals surface area contributed by atoms with Crippen LogP contribution in [0.3, 0.4) is 0 Å². The number of carboxylic acid groups (broad SMARTS) is 1. The number of aliphatic carboxylic acids is 1. The summed E-state index contributed by atoms with van der Waals surface area (Å²) in [5.41, 5.74) is -0.0488. The molecular weight excluding hydrogens is 500 g/mol. The van der Waals surface area contributed by atoms with Crippen LogP contribution in [0.5, 0.6) is 5.75 Å². The van der Waals surface area contributed by atoms with E-state index in [1.807, 2.05) is 57.2 Å². The molecule has 0 radical (unpaired) electrons. The summed E-state index contributed by atoms with van der Waals surface area (Å²) < 4.78 is 17.0. The van der Waals surface area contributed by atoms with Gasteiger partial charge in [0.05, 0.1) is 20.3 Å². The number of amides is 2. The van der Waals surface area contributed by atoms with Gasteiger partial charge in [0.15, 0.2) is 0 Å². The highest BCUT2D eigenvalue weighted by Crippen LogP contribution is 2.42. The number of nitrogens with zero attached hydrogens (tertiary/aromatic N) is 1. The Balaban J connectivity index is 1.83. The van der Waals surface area contributed by atoms with Crippen molar-refractivity contribution in [3.8, 4) is 5.75 Å². The zero-order chi connectivity index (χ0) is 28.4. The molecule has 210 valence electrons. The second-order valence-corrected chi connectivity index (χ2v) is 11.4. The van der Waals surface area contributed by atoms with Crippen molar-refractivity contribution in [2.45, 2.75) is 64.1 Å². The molecule has 2 amide bonds. The summed E-state index contributed by atoms with van der Waals surface area (Å²) in [7, 11) is 3.17. The molecule has 5 bridgehead atoms. The van der Waals surface area contributed by atoms with Crippen LogP contribution in [0.2, 0.25) is 0 Å². The number of hydrogen-bond donors (Lipinski definition) is 2. The Morgan fingerprint density at radius 1 is 1.13 bits per heavy atom. The Bertz CT molecular complexity index is 1280. The van der Waals surface area contributed by atoms with Gasteiger partial charge >= 0.3 is 12.1 Å². The molecule has 2 aliphatic heterocycles. The molecular formula is C30H38N2O7. The van der Waals surface area contributed by atoms with E-state index in [1.54, 1.807) is 7.11 Å². The molecule has 0 spiro atoms. The molecule has 0 aromatic heterocycles. The highest BCUT2D eigenvalue weighted by molar-refractivity contribution is 5.91. The van der Waals surface area contributed by atoms with Gasteiger partial charge in [-0.05, 0) is 59.2 Å². The Morgan fingerprint density at radius 2 is 1.90 bits per heavy atom. The smallest absolute Gasteiger partial charge is 0.407 e. The number of cyclic esters (lactones) is 1. The first-order valence-corrected chi connectivity index (χ1v) is 13.3. The molecule has 4 rings (SSSR count). The summed E-state index contributed by atoms with van der Waals surface area (Å²) >= 11 is 0. The minimum atomic E-state index is -1.13. The monoisotopic (exact) mass is 538 g/mol. The maximum absolute atomic E-state index is 13.9. The highest BCUT2D eigenvalue weighted by atomic mass is 16.5. The number of nitrogens with one attached hydrogen (secondary N) is 1. The first-order chi connectivity index (χ1) is 18.5. The molecule has 2 heterocycles. The maximum Gasteiger partial charge on any atom is 0.407 e. The van der Waals surface area contributed by atoms with E-state index in [2.05, 4.69) is 11.4 Å². The third-order valence-corrected chi connectivity index (χ3v) is 7.67. The molecule has 1 fully saturated rings. The standard InChI is InChI=1S/C30H38N2O7/c1-29(2,3)25-26(33)32-18-30(38-5,17-23(32)27(34)35)22-12-11-19-16-24(37-4)20(14-21(19)15-22)10-8-6-7-9-13-39-28(36)31-25/h8,10-12,14-16,23,25H,6-7,9,13,17-18H2,1-5H3,(H,31,36)(H,34,35)/t23-,25+,30-/m0/s1. The molecule has 0 aliphatic carbocycles. The maximum atomic E-state index is 13.9. The molecule has 0 saturated carbocycles. The second-order valence-electron chi connectivity index (χ2n) is 11.4. The van der Waals surface area contributed by atoms with E-state index in [1.165, 1.54) is 12.0 Å². The zero-order valence-corrected chi connectivity index (χ0v) is 23.3. The van der Waals surface area contributed by atoms with E-state index in [-0.39, 0.29) is 19.6 Å². The number of rotatable bonds is 3. The number of methoxy groups -OCH3 is 2. The zero-order valence-electron chi connectivity index (χ0n) is 23.3. The fourth-order valence-electron chi connectivity index (χ4n) is 5.40. The third-order valence-electron chi connectivity index (χ3n) is 7.67. The van der Waals surface area contributed by atoms with Crippen molar-refractivity contribution >= 4 is 34.8 Å². The van der Waals surface area contributed by atoms with Crippen LogP contribution in [0.25, 0.3) is 16.8 Å². The summed E-state index contributed by atoms with van der Waals surface area (Å²) in [4.78, 5) is 40.3. The molecule has 2 aromatic carbocycles. The predicted molar refractivity (Wildman–Crippen MR) is 148 cm³/mol. The molecule has 0 unspecified atom stereocenters. The van der Waals surface area contributed by atoms with Crippen LogP contribution >= 0.6 is 0 Å². The van der Waals surface area contributed by atoms with Gasteiger partial charge in [0.2, 0.25) is 5.91 Å². The number of carbonyl (C=O) groups excluding carboxylic acids is 2. The predicted octanol–water partition coefficient (Wildman–Crippen LogP) is 4.71. The van der Waals surface area contributed by atoms with Crippen LogP contribution in [0.15, 0.2) is 36.4 Å². The van der Waals surface area contributed by atoms with Gasteiger partial charge in [-0.2, -0.15) is 0 Å². The lowest BCUT2D eigenvalue weighted by atomic mass is 9.85. The summed E-state index contributed by atoms with van der Waals surface area (Å²) in [6.45, 7) is 5.70. The minimum Gasteiger partial charge on any atom is -0.496 e. The van der Waals surface area contributed by atoms with Crippen molar-refractivity contribution in [3.05, 3.63) is 47.5 Å². The largest absolute Gasteiger partial charge is 0.496 e. The number of ether oxygens (including phenoxy) is 3. The van der Waals surface area contributed by atoms with Crippen molar-refractivity contribution in [2.24, 2.45) is 5.41 Å². The van der Waals surface area contributed by atoms with Gasteiger partial charge in [-0.1, -0.05) is 45.1 Å². The van der Waals surface area contributed by atoms with Crippen molar-refractivity contribution < 1.29 is 33.7 Å². The van der Waals surface area contributed by atoms with Crippen molar-refractivity contribution in [1.29, 1.82) is 0 Å². The number of carbonyl (C=O) groups is 3. The number of allylic oxidation sites excluding steroid dienone is 1. The van der Waals surface area contributed by atoms with Crippen LogP contribution in [-0.4, -0.2) is 67.4 Å². The van der Waals surface area contributed by atoms with Crippen molar-refractivity contribution in [2.75, 3.05) is 27.4 Å². The van der Waals surface area contributed by atoms with E-state index in [0.717, 1.165) is 40.5 Å². The summed E-state index contributed by atoms with van der Waals surface area (Å²) in [6, 6.07) is 7.76. The first kappa shape index (κ1) is 28.4. The van der Waals surface area contributed by atoms with Crippen molar-refractivity contribution in [3.63, 3.8) is 0 Å². The van der Waals surface area contributed by atoms with Gasteiger partial charge in [0.1, 0.15) is 23.4 Å². The summed E-state index contributed by atoms with van der Waals surface area (Å²) in [5, 5.41) is 14.8. The van der Waals surface area contributed by atoms with Crippen LogP contribution in [0, 0.1) is 5.41 Å². The molecule has 2 N–H and O–H groups in total. The van der Waals surface area contributed by atoms with Gasteiger partial charge in [0.25, 0.3) is 0 Å². The minimum absolute atomic E-state index is 0.0248. The van der Waals surface area contributed by atoms with Gasteiger partial charge < -0.3 is 29.5 Å². The number of hydrogen-bond acceptors (Lipinski definition) is 6. The highest BCUT2D eigenvalue weighted by Gasteiger charge is 2.52. The third kappa shape index (κ3) is 5.88. The lowest BCUT2D eigenvalue weighted by Gasteiger charge is -2.35. The van der Waals surface area contributed by atoms with E-state index in [4.69, 9.17) is 14.2 Å². The Hall–Kier alpha value is -3.59. The van der Waals surface area contributed by atoms with Crippen LogP contribution in [0.4, 0.5) is 4.79 Å². The molecule has 9 heteroatoms. The quantitative estimate of drug-likeness (QED) is 0.582. The molecule has 3 atom stereocenters. The Morgan fingerprint density at radius 3 is 2.56 bits per heavy atom. The molecule has 39 heavy (non-hydrogen) atoms. The average molecular weight is 539 g/mol. The number of alkyl carbamates (subject to hydrolysis) is 1. The molecule has 9 nitrogen and oxygen atoms in total. The van der Waals surface area contributed by atoms with Crippen LogP contribution in [-0.2, 0) is 24.7 Å². The fraction of sp³-hybridized carbons (Fsp3) is 0.500. The Labute approximate surface area is 229 Å². The topological polar surface area (TPSA) is 114 Å². The number of carboxylic acids is 1.